The van der Waals surface area contributed by atoms with Gasteiger partial charge in [0.05, 0.1) is 17.2 Å². The average Bonchev–Trinajstić information content (AvgIpc) is 3.34. The predicted octanol–water partition coefficient (Wildman–Crippen LogP) is 3.73. The number of hydrogen-bond acceptors (Lipinski definition) is 4. The first-order valence-electron chi connectivity index (χ1n) is 9.51. The van der Waals surface area contributed by atoms with E-state index in [4.69, 9.17) is 10.1 Å². The first-order valence-corrected chi connectivity index (χ1v) is 11.3. The highest BCUT2D eigenvalue weighted by Crippen LogP contribution is 2.40. The fourth-order valence-electron chi connectivity index (χ4n) is 3.56. The van der Waals surface area contributed by atoms with Crippen LogP contribution in [0.2, 0.25) is 0 Å². The van der Waals surface area contributed by atoms with Crippen molar-refractivity contribution < 1.29 is 8.42 Å². The number of rotatable bonds is 3. The molecule has 2 aromatic rings. The summed E-state index contributed by atoms with van der Waals surface area (Å²) >= 11 is 0. The van der Waals surface area contributed by atoms with Crippen LogP contribution >= 0.6 is 0 Å². The number of hydrogen-bond donors (Lipinski definition) is 0. The van der Waals surface area contributed by atoms with E-state index in [0.29, 0.717) is 18.8 Å². The van der Waals surface area contributed by atoms with Crippen molar-refractivity contribution in [3.63, 3.8) is 0 Å². The van der Waals surface area contributed by atoms with Crippen LogP contribution in [-0.4, -0.2) is 34.7 Å². The Hall–Kier alpha value is -1.69. The molecule has 2 heterocycles. The topological polar surface area (TPSA) is 64.8 Å². The minimum atomic E-state index is -2.88. The Bertz CT molecular complexity index is 890. The third-order valence-corrected chi connectivity index (χ3v) is 7.20. The van der Waals surface area contributed by atoms with Gasteiger partial charge in [-0.2, -0.15) is 5.10 Å². The first-order chi connectivity index (χ1) is 12.2. The summed E-state index contributed by atoms with van der Waals surface area (Å²) in [6, 6.07) is 8.52. The molecule has 140 valence electrons. The molecule has 26 heavy (non-hydrogen) atoms. The Morgan fingerprint density at radius 3 is 2.12 bits per heavy atom. The summed E-state index contributed by atoms with van der Waals surface area (Å²) in [6.45, 7) is 6.61. The van der Waals surface area contributed by atoms with Crippen molar-refractivity contribution >= 4 is 9.84 Å². The van der Waals surface area contributed by atoms with Gasteiger partial charge in [0.25, 0.3) is 0 Å². The Morgan fingerprint density at radius 2 is 1.58 bits per heavy atom. The average molecular weight is 374 g/mol. The lowest BCUT2D eigenvalue weighted by atomic mass is 9.87. The Balaban J connectivity index is 1.69. The molecular formula is C20H27N3O2S. The molecule has 2 fully saturated rings. The zero-order chi connectivity index (χ0) is 18.5. The number of aromatic nitrogens is 3. The highest BCUT2D eigenvalue weighted by atomic mass is 32.2. The van der Waals surface area contributed by atoms with Gasteiger partial charge in [0.2, 0.25) is 0 Å². The van der Waals surface area contributed by atoms with E-state index in [1.807, 2.05) is 4.68 Å². The number of benzene rings is 1. The molecule has 5 nitrogen and oxygen atoms in total. The van der Waals surface area contributed by atoms with Crippen molar-refractivity contribution in [3.05, 3.63) is 41.5 Å². The third kappa shape index (κ3) is 3.56. The monoisotopic (exact) mass is 373 g/mol. The lowest BCUT2D eigenvalue weighted by Gasteiger charge is -2.22. The maximum Gasteiger partial charge on any atom is 0.154 e. The summed E-state index contributed by atoms with van der Waals surface area (Å²) < 4.78 is 25.5. The van der Waals surface area contributed by atoms with Crippen LogP contribution in [0.15, 0.2) is 24.3 Å². The molecule has 1 aromatic heterocycles. The van der Waals surface area contributed by atoms with Gasteiger partial charge in [-0.05, 0) is 48.8 Å². The lowest BCUT2D eigenvalue weighted by molar-refractivity contribution is 0.529. The van der Waals surface area contributed by atoms with E-state index in [9.17, 15) is 8.42 Å². The van der Waals surface area contributed by atoms with Crippen molar-refractivity contribution in [3.8, 4) is 5.69 Å². The standard InChI is InChI=1S/C20H27N3O2S/c1-20(2,3)16-6-8-17(9-7-16)23-19(21-18(22-23)14-4-5-14)15-10-12-26(24,25)13-11-15/h6-9,14-15H,4-5,10-13H2,1-3H3. The van der Waals surface area contributed by atoms with E-state index < -0.39 is 9.84 Å². The second kappa shape index (κ2) is 6.19. The molecule has 0 bridgehead atoms. The predicted molar refractivity (Wildman–Crippen MR) is 103 cm³/mol. The number of sulfone groups is 1. The van der Waals surface area contributed by atoms with Crippen LogP contribution in [0.25, 0.3) is 5.69 Å². The van der Waals surface area contributed by atoms with Gasteiger partial charge >= 0.3 is 0 Å². The smallest absolute Gasteiger partial charge is 0.154 e. The maximum atomic E-state index is 11.8. The molecule has 2 aliphatic rings. The summed E-state index contributed by atoms with van der Waals surface area (Å²) in [4.78, 5) is 4.85. The summed E-state index contributed by atoms with van der Waals surface area (Å²) in [7, 11) is -2.88. The molecule has 1 aliphatic heterocycles. The van der Waals surface area contributed by atoms with Crippen LogP contribution in [0, 0.1) is 0 Å². The van der Waals surface area contributed by atoms with Crippen LogP contribution in [-0.2, 0) is 15.3 Å². The molecule has 1 saturated heterocycles. The minimum Gasteiger partial charge on any atom is -0.229 e. The second-order valence-electron chi connectivity index (χ2n) is 8.74. The van der Waals surface area contributed by atoms with E-state index >= 15 is 0 Å². The molecule has 0 spiro atoms. The van der Waals surface area contributed by atoms with E-state index in [1.54, 1.807) is 0 Å². The summed E-state index contributed by atoms with van der Waals surface area (Å²) in [5, 5.41) is 4.80. The largest absolute Gasteiger partial charge is 0.229 e. The Labute approximate surface area is 155 Å². The molecular weight excluding hydrogens is 346 g/mol. The van der Waals surface area contributed by atoms with Gasteiger partial charge in [-0.3, -0.25) is 0 Å². The molecule has 0 atom stereocenters. The van der Waals surface area contributed by atoms with E-state index in [2.05, 4.69) is 45.0 Å². The van der Waals surface area contributed by atoms with Crippen molar-refractivity contribution in [1.82, 2.24) is 14.8 Å². The van der Waals surface area contributed by atoms with Gasteiger partial charge in [-0.15, -0.1) is 0 Å². The zero-order valence-corrected chi connectivity index (χ0v) is 16.6. The van der Waals surface area contributed by atoms with Crippen molar-refractivity contribution in [1.29, 1.82) is 0 Å². The summed E-state index contributed by atoms with van der Waals surface area (Å²) in [5.74, 6) is 3.02. The van der Waals surface area contributed by atoms with Crippen LogP contribution in [0.3, 0.4) is 0 Å². The third-order valence-electron chi connectivity index (χ3n) is 5.49. The van der Waals surface area contributed by atoms with Crippen LogP contribution < -0.4 is 0 Å². The molecule has 0 N–H and O–H groups in total. The van der Waals surface area contributed by atoms with Crippen LogP contribution in [0.4, 0.5) is 0 Å². The summed E-state index contributed by atoms with van der Waals surface area (Å²) in [5.41, 5.74) is 2.41. The molecule has 1 aromatic carbocycles. The van der Waals surface area contributed by atoms with Gasteiger partial charge in [-0.1, -0.05) is 32.9 Å². The van der Waals surface area contributed by atoms with Gasteiger partial charge in [0, 0.05) is 11.8 Å². The van der Waals surface area contributed by atoms with Gasteiger partial charge in [-0.25, -0.2) is 18.1 Å². The fourth-order valence-corrected chi connectivity index (χ4v) is 5.05. The molecule has 0 radical (unpaired) electrons. The van der Waals surface area contributed by atoms with E-state index in [0.717, 1.165) is 30.2 Å². The van der Waals surface area contributed by atoms with Crippen molar-refractivity contribution in [2.75, 3.05) is 11.5 Å². The molecule has 0 amide bonds. The fraction of sp³-hybridized carbons (Fsp3) is 0.600. The highest BCUT2D eigenvalue weighted by molar-refractivity contribution is 7.91. The molecule has 1 saturated carbocycles. The van der Waals surface area contributed by atoms with Crippen LogP contribution in [0.1, 0.15) is 75.5 Å². The normalized spacial score (nSPS) is 21.0. The molecule has 1 aliphatic carbocycles. The van der Waals surface area contributed by atoms with Crippen LogP contribution in [0.5, 0.6) is 0 Å². The Kier molecular flexibility index (Phi) is 4.21. The SMILES string of the molecule is CC(C)(C)c1ccc(-n2nc(C3CC3)nc2C2CCS(=O)(=O)CC2)cc1. The second-order valence-corrected chi connectivity index (χ2v) is 11.0. The zero-order valence-electron chi connectivity index (χ0n) is 15.8. The van der Waals surface area contributed by atoms with Gasteiger partial charge in [0.1, 0.15) is 15.7 Å². The Morgan fingerprint density at radius 1 is 0.962 bits per heavy atom. The molecule has 0 unspecified atom stereocenters. The minimum absolute atomic E-state index is 0.112. The highest BCUT2D eigenvalue weighted by Gasteiger charge is 2.33. The van der Waals surface area contributed by atoms with Crippen molar-refractivity contribution in [2.24, 2.45) is 0 Å². The lowest BCUT2D eigenvalue weighted by Crippen LogP contribution is -2.24. The molecule has 6 heteroatoms. The maximum absolute atomic E-state index is 11.8. The van der Waals surface area contributed by atoms with E-state index in [-0.39, 0.29) is 22.8 Å². The quantitative estimate of drug-likeness (QED) is 0.822. The van der Waals surface area contributed by atoms with Gasteiger partial charge in [0.15, 0.2) is 5.82 Å². The van der Waals surface area contributed by atoms with Crippen molar-refractivity contribution in [2.45, 2.75) is 63.7 Å². The number of nitrogens with zero attached hydrogens (tertiary/aromatic N) is 3. The van der Waals surface area contributed by atoms with E-state index in [1.165, 1.54) is 5.56 Å². The van der Waals surface area contributed by atoms with Gasteiger partial charge < -0.3 is 0 Å². The first kappa shape index (κ1) is 17.7. The summed E-state index contributed by atoms with van der Waals surface area (Å²) in [6.07, 6.45) is 3.60. The molecule has 4 rings (SSSR count).